The third-order valence-corrected chi connectivity index (χ3v) is 3.52. The van der Waals surface area contributed by atoms with E-state index >= 15 is 0 Å². The van der Waals surface area contributed by atoms with Crippen LogP contribution in [0.1, 0.15) is 39.5 Å². The van der Waals surface area contributed by atoms with E-state index in [0.29, 0.717) is 19.2 Å². The van der Waals surface area contributed by atoms with Gasteiger partial charge in [0.1, 0.15) is 0 Å². The number of nitrogens with zero attached hydrogens (tertiary/aromatic N) is 1. The Kier molecular flexibility index (Phi) is 5.40. The first-order valence-electron chi connectivity index (χ1n) is 6.50. The standard InChI is InChI=1S/C13H25NO3/c1-4-7-13(2,12(15)16)10-14(8-9-17-3)11-5-6-11/h11H,4-10H2,1-3H3,(H,15,16). The average molecular weight is 243 g/mol. The van der Waals surface area contributed by atoms with E-state index < -0.39 is 11.4 Å². The molecule has 0 heterocycles. The molecule has 1 atom stereocenters. The fourth-order valence-corrected chi connectivity index (χ4v) is 2.29. The minimum absolute atomic E-state index is 0.584. The number of carbonyl (C=O) groups is 1. The minimum atomic E-state index is -0.678. The molecule has 0 bridgehead atoms. The molecule has 1 unspecified atom stereocenters. The molecule has 0 radical (unpaired) electrons. The van der Waals surface area contributed by atoms with Crippen molar-refractivity contribution in [3.63, 3.8) is 0 Å². The van der Waals surface area contributed by atoms with Crippen LogP contribution < -0.4 is 0 Å². The predicted molar refractivity (Wildman–Crippen MR) is 67.1 cm³/mol. The summed E-state index contributed by atoms with van der Waals surface area (Å²) in [6, 6.07) is 0.584. The van der Waals surface area contributed by atoms with Gasteiger partial charge in [0.2, 0.25) is 0 Å². The first kappa shape index (κ1) is 14.5. The Morgan fingerprint density at radius 2 is 2.18 bits per heavy atom. The molecule has 1 aliphatic carbocycles. The second kappa shape index (κ2) is 6.36. The van der Waals surface area contributed by atoms with Crippen molar-refractivity contribution in [3.05, 3.63) is 0 Å². The molecule has 0 saturated heterocycles. The molecule has 1 aliphatic rings. The van der Waals surface area contributed by atoms with Crippen LogP contribution in [0.2, 0.25) is 0 Å². The zero-order valence-electron chi connectivity index (χ0n) is 11.2. The average Bonchev–Trinajstić information content (AvgIpc) is 3.08. The van der Waals surface area contributed by atoms with Gasteiger partial charge in [0.05, 0.1) is 12.0 Å². The Labute approximate surface area is 104 Å². The van der Waals surface area contributed by atoms with Crippen molar-refractivity contribution >= 4 is 5.97 Å². The molecule has 0 amide bonds. The smallest absolute Gasteiger partial charge is 0.310 e. The molecular weight excluding hydrogens is 218 g/mol. The van der Waals surface area contributed by atoms with Crippen molar-refractivity contribution in [3.8, 4) is 0 Å². The van der Waals surface area contributed by atoms with E-state index in [4.69, 9.17) is 4.74 Å². The van der Waals surface area contributed by atoms with Gasteiger partial charge in [0, 0.05) is 26.2 Å². The van der Waals surface area contributed by atoms with Crippen LogP contribution in [-0.4, -0.2) is 48.8 Å². The maximum Gasteiger partial charge on any atom is 0.310 e. The molecule has 4 heteroatoms. The number of hydrogen-bond donors (Lipinski definition) is 1. The predicted octanol–water partition coefficient (Wildman–Crippen LogP) is 1.99. The van der Waals surface area contributed by atoms with E-state index in [1.807, 2.05) is 13.8 Å². The zero-order valence-corrected chi connectivity index (χ0v) is 11.2. The zero-order chi connectivity index (χ0) is 12.9. The Morgan fingerprint density at radius 1 is 1.53 bits per heavy atom. The molecule has 0 aromatic carbocycles. The fourth-order valence-electron chi connectivity index (χ4n) is 2.29. The van der Waals surface area contributed by atoms with Crippen LogP contribution in [0.3, 0.4) is 0 Å². The lowest BCUT2D eigenvalue weighted by Gasteiger charge is -2.32. The van der Waals surface area contributed by atoms with Gasteiger partial charge in [0.15, 0.2) is 0 Å². The molecule has 100 valence electrons. The lowest BCUT2D eigenvalue weighted by Crippen LogP contribution is -2.43. The highest BCUT2D eigenvalue weighted by Gasteiger charge is 2.38. The first-order chi connectivity index (χ1) is 8.03. The number of carboxylic acid groups (broad SMARTS) is 1. The van der Waals surface area contributed by atoms with E-state index in [1.54, 1.807) is 7.11 Å². The summed E-state index contributed by atoms with van der Waals surface area (Å²) >= 11 is 0. The molecule has 1 fully saturated rings. The van der Waals surface area contributed by atoms with Crippen LogP contribution in [0.25, 0.3) is 0 Å². The van der Waals surface area contributed by atoms with Gasteiger partial charge >= 0.3 is 5.97 Å². The summed E-state index contributed by atoms with van der Waals surface area (Å²) in [5, 5.41) is 9.38. The summed E-state index contributed by atoms with van der Waals surface area (Å²) < 4.78 is 5.10. The van der Waals surface area contributed by atoms with Crippen molar-refractivity contribution in [1.82, 2.24) is 4.90 Å². The van der Waals surface area contributed by atoms with Gasteiger partial charge in [-0.1, -0.05) is 13.3 Å². The topological polar surface area (TPSA) is 49.8 Å². The lowest BCUT2D eigenvalue weighted by atomic mass is 9.85. The summed E-state index contributed by atoms with van der Waals surface area (Å²) in [6.07, 6.45) is 4.04. The number of ether oxygens (including phenoxy) is 1. The van der Waals surface area contributed by atoms with Gasteiger partial charge in [-0.3, -0.25) is 9.69 Å². The molecule has 0 spiro atoms. The van der Waals surface area contributed by atoms with Gasteiger partial charge < -0.3 is 9.84 Å². The number of carboxylic acids is 1. The van der Waals surface area contributed by atoms with E-state index in [-0.39, 0.29) is 0 Å². The SMILES string of the molecule is CCCC(C)(CN(CCOC)C1CC1)C(=O)O. The highest BCUT2D eigenvalue weighted by Crippen LogP contribution is 2.32. The highest BCUT2D eigenvalue weighted by atomic mass is 16.5. The summed E-state index contributed by atoms with van der Waals surface area (Å²) in [6.45, 7) is 6.06. The molecule has 1 N–H and O–H groups in total. The Hall–Kier alpha value is -0.610. The molecule has 17 heavy (non-hydrogen) atoms. The maximum atomic E-state index is 11.4. The van der Waals surface area contributed by atoms with Gasteiger partial charge in [-0.2, -0.15) is 0 Å². The summed E-state index contributed by atoms with van der Waals surface area (Å²) in [5.41, 5.74) is -0.620. The number of rotatable bonds is 9. The third-order valence-electron chi connectivity index (χ3n) is 3.52. The molecule has 0 aromatic heterocycles. The van der Waals surface area contributed by atoms with Crippen LogP contribution in [0.5, 0.6) is 0 Å². The van der Waals surface area contributed by atoms with Crippen LogP contribution in [0.15, 0.2) is 0 Å². The number of aliphatic carboxylic acids is 1. The van der Waals surface area contributed by atoms with Gasteiger partial charge in [0.25, 0.3) is 0 Å². The normalized spacial score (nSPS) is 19.3. The molecule has 0 aromatic rings. The molecule has 1 saturated carbocycles. The highest BCUT2D eigenvalue weighted by molar-refractivity contribution is 5.74. The fraction of sp³-hybridized carbons (Fsp3) is 0.923. The first-order valence-corrected chi connectivity index (χ1v) is 6.50. The Balaban J connectivity index is 2.58. The van der Waals surface area contributed by atoms with E-state index in [0.717, 1.165) is 19.4 Å². The summed E-state index contributed by atoms with van der Waals surface area (Å²) in [4.78, 5) is 13.7. The monoisotopic (exact) mass is 243 g/mol. The molecule has 1 rings (SSSR count). The minimum Gasteiger partial charge on any atom is -0.481 e. The summed E-state index contributed by atoms with van der Waals surface area (Å²) in [5.74, 6) is -0.678. The van der Waals surface area contributed by atoms with Crippen molar-refractivity contribution < 1.29 is 14.6 Å². The van der Waals surface area contributed by atoms with Crippen LogP contribution >= 0.6 is 0 Å². The summed E-state index contributed by atoms with van der Waals surface area (Å²) in [7, 11) is 1.69. The second-order valence-electron chi connectivity index (χ2n) is 5.31. The third kappa shape index (κ3) is 4.28. The lowest BCUT2D eigenvalue weighted by molar-refractivity contribution is -0.149. The second-order valence-corrected chi connectivity index (χ2v) is 5.31. The molecule has 4 nitrogen and oxygen atoms in total. The van der Waals surface area contributed by atoms with E-state index in [1.165, 1.54) is 12.8 Å². The van der Waals surface area contributed by atoms with Gasteiger partial charge in [-0.25, -0.2) is 0 Å². The van der Waals surface area contributed by atoms with Crippen LogP contribution in [-0.2, 0) is 9.53 Å². The van der Waals surface area contributed by atoms with Gasteiger partial charge in [-0.05, 0) is 26.2 Å². The van der Waals surface area contributed by atoms with E-state index in [2.05, 4.69) is 4.90 Å². The van der Waals surface area contributed by atoms with Gasteiger partial charge in [-0.15, -0.1) is 0 Å². The van der Waals surface area contributed by atoms with Crippen LogP contribution in [0.4, 0.5) is 0 Å². The van der Waals surface area contributed by atoms with Crippen molar-refractivity contribution in [2.45, 2.75) is 45.6 Å². The molecule has 0 aliphatic heterocycles. The van der Waals surface area contributed by atoms with Crippen molar-refractivity contribution in [1.29, 1.82) is 0 Å². The molecular formula is C13H25NO3. The van der Waals surface area contributed by atoms with Crippen molar-refractivity contribution in [2.24, 2.45) is 5.41 Å². The van der Waals surface area contributed by atoms with Crippen molar-refractivity contribution in [2.75, 3.05) is 26.8 Å². The Morgan fingerprint density at radius 3 is 2.59 bits per heavy atom. The number of methoxy groups -OCH3 is 1. The maximum absolute atomic E-state index is 11.4. The quantitative estimate of drug-likeness (QED) is 0.673. The Bertz CT molecular complexity index is 253. The number of hydrogen-bond acceptors (Lipinski definition) is 3. The van der Waals surface area contributed by atoms with Crippen LogP contribution in [0, 0.1) is 5.41 Å². The van der Waals surface area contributed by atoms with E-state index in [9.17, 15) is 9.90 Å². The largest absolute Gasteiger partial charge is 0.481 e.